The first-order valence-corrected chi connectivity index (χ1v) is 8.51. The smallest absolute Gasteiger partial charge is 0.261 e. The Bertz CT molecular complexity index is 1020. The average molecular weight is 425 g/mol. The summed E-state index contributed by atoms with van der Waals surface area (Å²) in [5.74, 6) is -0.822. The maximum Gasteiger partial charge on any atom is 0.261 e. The van der Waals surface area contributed by atoms with E-state index in [1.165, 1.54) is 23.0 Å². The third-order valence-electron chi connectivity index (χ3n) is 3.57. The molecule has 2 aromatic carbocycles. The summed E-state index contributed by atoms with van der Waals surface area (Å²) in [6, 6.07) is 8.95. The number of carbonyl (C=O) groups is 1. The molecule has 0 unspecified atom stereocenters. The molecule has 0 atom stereocenters. The molecule has 0 radical (unpaired) electrons. The summed E-state index contributed by atoms with van der Waals surface area (Å²) in [6.45, 7) is 0.166. The van der Waals surface area contributed by atoms with Gasteiger partial charge in [0.2, 0.25) is 5.91 Å². The highest BCUT2D eigenvalue weighted by atomic mass is 79.9. The van der Waals surface area contributed by atoms with Gasteiger partial charge in [0.05, 0.1) is 27.9 Å². The van der Waals surface area contributed by atoms with E-state index in [0.717, 1.165) is 10.5 Å². The van der Waals surface area contributed by atoms with E-state index in [0.29, 0.717) is 16.6 Å². The van der Waals surface area contributed by atoms with Gasteiger partial charge in [0.15, 0.2) is 0 Å². The van der Waals surface area contributed by atoms with Crippen molar-refractivity contribution in [3.63, 3.8) is 0 Å². The van der Waals surface area contributed by atoms with Gasteiger partial charge < -0.3 is 5.32 Å². The largest absolute Gasteiger partial charge is 0.325 e. The standard InChI is InChI=1S/C17H12BrClFN3O2/c18-10-1-3-14-12(7-10)17(25)23(9-21-14)6-5-16(24)22-15-4-2-11(20)8-13(15)19/h1-4,7-9H,5-6H2,(H,22,24). The molecule has 0 aliphatic carbocycles. The van der Waals surface area contributed by atoms with Crippen LogP contribution in [0.25, 0.3) is 10.9 Å². The van der Waals surface area contributed by atoms with E-state index in [9.17, 15) is 14.0 Å². The molecular formula is C17H12BrClFN3O2. The SMILES string of the molecule is O=C(CCn1cnc2ccc(Br)cc2c1=O)Nc1ccc(F)cc1Cl. The number of anilines is 1. The Balaban J connectivity index is 1.73. The molecule has 25 heavy (non-hydrogen) atoms. The molecular weight excluding hydrogens is 413 g/mol. The molecule has 0 aliphatic heterocycles. The summed E-state index contributed by atoms with van der Waals surface area (Å²) >= 11 is 9.19. The molecule has 0 fully saturated rings. The molecule has 3 aromatic rings. The van der Waals surface area contributed by atoms with E-state index < -0.39 is 5.82 Å². The van der Waals surface area contributed by atoms with Gasteiger partial charge in [-0.15, -0.1) is 0 Å². The van der Waals surface area contributed by atoms with Gasteiger partial charge in [-0.2, -0.15) is 0 Å². The van der Waals surface area contributed by atoms with Crippen molar-refractivity contribution in [1.29, 1.82) is 0 Å². The van der Waals surface area contributed by atoms with Gasteiger partial charge in [0.25, 0.3) is 5.56 Å². The van der Waals surface area contributed by atoms with Crippen LogP contribution < -0.4 is 10.9 Å². The second-order valence-electron chi connectivity index (χ2n) is 5.33. The van der Waals surface area contributed by atoms with Crippen molar-refractivity contribution >= 4 is 50.0 Å². The van der Waals surface area contributed by atoms with E-state index >= 15 is 0 Å². The third-order valence-corrected chi connectivity index (χ3v) is 4.38. The number of amides is 1. The third kappa shape index (κ3) is 4.05. The Morgan fingerprint density at radius 3 is 2.84 bits per heavy atom. The van der Waals surface area contributed by atoms with Crippen molar-refractivity contribution in [3.05, 3.63) is 68.4 Å². The number of benzene rings is 2. The van der Waals surface area contributed by atoms with Crippen LogP contribution in [-0.2, 0) is 11.3 Å². The number of halogens is 3. The maximum absolute atomic E-state index is 13.0. The molecule has 1 N–H and O–H groups in total. The van der Waals surface area contributed by atoms with Crippen LogP contribution in [0.5, 0.6) is 0 Å². The lowest BCUT2D eigenvalue weighted by molar-refractivity contribution is -0.116. The summed E-state index contributed by atoms with van der Waals surface area (Å²) in [4.78, 5) is 28.7. The number of fused-ring (bicyclic) bond motifs is 1. The molecule has 5 nitrogen and oxygen atoms in total. The highest BCUT2D eigenvalue weighted by Gasteiger charge is 2.09. The molecule has 1 amide bonds. The van der Waals surface area contributed by atoms with Crippen molar-refractivity contribution < 1.29 is 9.18 Å². The fourth-order valence-electron chi connectivity index (χ4n) is 2.32. The zero-order valence-electron chi connectivity index (χ0n) is 12.8. The lowest BCUT2D eigenvalue weighted by atomic mass is 10.2. The summed E-state index contributed by atoms with van der Waals surface area (Å²) in [5.41, 5.74) is 0.687. The topological polar surface area (TPSA) is 64.0 Å². The van der Waals surface area contributed by atoms with Gasteiger partial charge in [-0.3, -0.25) is 14.2 Å². The second-order valence-corrected chi connectivity index (χ2v) is 6.65. The Kier molecular flexibility index (Phi) is 5.15. The number of rotatable bonds is 4. The minimum Gasteiger partial charge on any atom is -0.325 e. The molecule has 3 rings (SSSR count). The van der Waals surface area contributed by atoms with Gasteiger partial charge in [0.1, 0.15) is 5.82 Å². The predicted molar refractivity (Wildman–Crippen MR) is 98.4 cm³/mol. The van der Waals surface area contributed by atoms with Crippen molar-refractivity contribution in [1.82, 2.24) is 9.55 Å². The van der Waals surface area contributed by atoms with Crippen LogP contribution in [0.4, 0.5) is 10.1 Å². The van der Waals surface area contributed by atoms with Crippen LogP contribution in [0, 0.1) is 5.82 Å². The number of hydrogen-bond acceptors (Lipinski definition) is 3. The minimum absolute atomic E-state index is 0.0504. The summed E-state index contributed by atoms with van der Waals surface area (Å²) in [5, 5.41) is 3.18. The zero-order valence-corrected chi connectivity index (χ0v) is 15.1. The molecule has 1 heterocycles. The summed E-state index contributed by atoms with van der Waals surface area (Å²) < 4.78 is 15.2. The zero-order chi connectivity index (χ0) is 18.0. The first kappa shape index (κ1) is 17.6. The fraction of sp³-hybridized carbons (Fsp3) is 0.118. The van der Waals surface area contributed by atoms with Gasteiger partial charge >= 0.3 is 0 Å². The van der Waals surface area contributed by atoms with Crippen molar-refractivity contribution in [3.8, 4) is 0 Å². The number of aryl methyl sites for hydroxylation is 1. The normalized spacial score (nSPS) is 10.8. The van der Waals surface area contributed by atoms with Crippen LogP contribution in [-0.4, -0.2) is 15.5 Å². The van der Waals surface area contributed by atoms with Gasteiger partial charge in [-0.25, -0.2) is 9.37 Å². The number of aromatic nitrogens is 2. The van der Waals surface area contributed by atoms with E-state index in [4.69, 9.17) is 11.6 Å². The Morgan fingerprint density at radius 2 is 2.08 bits per heavy atom. The fourth-order valence-corrected chi connectivity index (χ4v) is 2.89. The number of nitrogens with zero attached hydrogens (tertiary/aromatic N) is 2. The average Bonchev–Trinajstić information content (AvgIpc) is 2.57. The molecule has 8 heteroatoms. The first-order chi connectivity index (χ1) is 11.9. The van der Waals surface area contributed by atoms with Crippen LogP contribution in [0.15, 0.2) is 52.0 Å². The van der Waals surface area contributed by atoms with Gasteiger partial charge in [-0.1, -0.05) is 27.5 Å². The van der Waals surface area contributed by atoms with Crippen LogP contribution >= 0.6 is 27.5 Å². The molecule has 0 saturated heterocycles. The van der Waals surface area contributed by atoms with E-state index in [1.54, 1.807) is 18.2 Å². The molecule has 0 aliphatic rings. The van der Waals surface area contributed by atoms with Crippen molar-refractivity contribution in [2.24, 2.45) is 0 Å². The van der Waals surface area contributed by atoms with E-state index in [-0.39, 0.29) is 29.5 Å². The highest BCUT2D eigenvalue weighted by Crippen LogP contribution is 2.22. The molecule has 0 spiro atoms. The van der Waals surface area contributed by atoms with Crippen LogP contribution in [0.1, 0.15) is 6.42 Å². The molecule has 1 aromatic heterocycles. The Morgan fingerprint density at radius 1 is 1.28 bits per heavy atom. The van der Waals surface area contributed by atoms with Gasteiger partial charge in [0, 0.05) is 17.4 Å². The van der Waals surface area contributed by atoms with E-state index in [2.05, 4.69) is 26.2 Å². The number of hydrogen-bond donors (Lipinski definition) is 1. The maximum atomic E-state index is 13.0. The van der Waals surface area contributed by atoms with Gasteiger partial charge in [-0.05, 0) is 36.4 Å². The first-order valence-electron chi connectivity index (χ1n) is 7.33. The lowest BCUT2D eigenvalue weighted by Crippen LogP contribution is -2.23. The monoisotopic (exact) mass is 423 g/mol. The summed E-state index contributed by atoms with van der Waals surface area (Å²) in [7, 11) is 0. The second kappa shape index (κ2) is 7.33. The molecule has 0 saturated carbocycles. The summed E-state index contributed by atoms with van der Waals surface area (Å²) in [6.07, 6.45) is 1.46. The quantitative estimate of drug-likeness (QED) is 0.689. The van der Waals surface area contributed by atoms with Crippen LogP contribution in [0.3, 0.4) is 0 Å². The highest BCUT2D eigenvalue weighted by molar-refractivity contribution is 9.10. The molecule has 0 bridgehead atoms. The molecule has 128 valence electrons. The Hall–Kier alpha value is -2.25. The van der Waals surface area contributed by atoms with Crippen LogP contribution in [0.2, 0.25) is 5.02 Å². The number of nitrogens with one attached hydrogen (secondary N) is 1. The van der Waals surface area contributed by atoms with Crippen molar-refractivity contribution in [2.75, 3.05) is 5.32 Å². The lowest BCUT2D eigenvalue weighted by Gasteiger charge is -2.09. The number of carbonyl (C=O) groups excluding carboxylic acids is 1. The minimum atomic E-state index is -0.483. The predicted octanol–water partition coefficient (Wildman–Crippen LogP) is 3.98. The van der Waals surface area contributed by atoms with Crippen molar-refractivity contribution in [2.45, 2.75) is 13.0 Å². The van der Waals surface area contributed by atoms with E-state index in [1.807, 2.05) is 0 Å². The Labute approximate surface area is 155 Å².